The van der Waals surface area contributed by atoms with Crippen LogP contribution in [-0.2, 0) is 19.2 Å². The van der Waals surface area contributed by atoms with Gasteiger partial charge in [0.2, 0.25) is 23.6 Å². The molecule has 12 nitrogen and oxygen atoms in total. The summed E-state index contributed by atoms with van der Waals surface area (Å²) < 4.78 is 0. The van der Waals surface area contributed by atoms with E-state index < -0.39 is 53.9 Å². The first kappa shape index (κ1) is 29.5. The molecular weight excluding hydrogens is 528 g/mol. The summed E-state index contributed by atoms with van der Waals surface area (Å²) in [6.45, 7) is 0.664. The van der Waals surface area contributed by atoms with E-state index >= 15 is 0 Å². The number of primary amides is 1. The number of amides is 5. The zero-order valence-corrected chi connectivity index (χ0v) is 22.6. The van der Waals surface area contributed by atoms with Gasteiger partial charge in [0.15, 0.2) is 0 Å². The number of nitrogens with two attached hydrogens (primary N) is 1. The van der Waals surface area contributed by atoms with E-state index in [0.717, 1.165) is 11.1 Å². The van der Waals surface area contributed by atoms with E-state index in [4.69, 9.17) is 5.73 Å². The number of nitrogens with one attached hydrogen (secondary N) is 4. The lowest BCUT2D eigenvalue weighted by Gasteiger charge is -2.35. The number of hydrogen-bond donors (Lipinski definition) is 6. The molecule has 0 aliphatic carbocycles. The van der Waals surface area contributed by atoms with Gasteiger partial charge in [-0.15, -0.1) is 0 Å². The fourth-order valence-electron chi connectivity index (χ4n) is 5.52. The van der Waals surface area contributed by atoms with Gasteiger partial charge in [0.1, 0.15) is 18.1 Å². The molecular formula is C29H36N6O6. The van der Waals surface area contributed by atoms with Crippen molar-refractivity contribution in [3.05, 3.63) is 71.8 Å². The molecule has 0 radical (unpaired) electrons. The summed E-state index contributed by atoms with van der Waals surface area (Å²) >= 11 is 0. The summed E-state index contributed by atoms with van der Waals surface area (Å²) in [6, 6.07) is 15.0. The maximum absolute atomic E-state index is 13.6. The lowest BCUT2D eigenvalue weighted by atomic mass is 9.98. The van der Waals surface area contributed by atoms with Crippen LogP contribution < -0.4 is 27.0 Å². The van der Waals surface area contributed by atoms with E-state index in [1.165, 1.54) is 4.90 Å². The maximum Gasteiger partial charge on any atom is 0.405 e. The van der Waals surface area contributed by atoms with Gasteiger partial charge in [-0.1, -0.05) is 60.7 Å². The molecule has 2 aliphatic heterocycles. The van der Waals surface area contributed by atoms with Gasteiger partial charge in [-0.3, -0.25) is 19.2 Å². The SMILES string of the molecule is NC(=O)CC[C@H](NC(=O)[C@@H]1CC[C@@H]2CCNC[C@H](NC(=O)O)C(=O)N21)C(=O)NC(c1ccccc1)c1ccccc1. The Kier molecular flexibility index (Phi) is 9.91. The minimum absolute atomic E-state index is 0.0274. The molecule has 0 bridgehead atoms. The van der Waals surface area contributed by atoms with Gasteiger partial charge in [-0.25, -0.2) is 4.79 Å². The van der Waals surface area contributed by atoms with Gasteiger partial charge in [0, 0.05) is 19.0 Å². The van der Waals surface area contributed by atoms with Crippen molar-refractivity contribution in [3.63, 3.8) is 0 Å². The Balaban J connectivity index is 1.54. The van der Waals surface area contributed by atoms with E-state index in [1.54, 1.807) is 0 Å². The van der Waals surface area contributed by atoms with Crippen LogP contribution in [0.4, 0.5) is 4.79 Å². The number of nitrogens with zero attached hydrogens (tertiary/aromatic N) is 1. The van der Waals surface area contributed by atoms with E-state index in [0.29, 0.717) is 25.8 Å². The second-order valence-electron chi connectivity index (χ2n) is 10.3. The number of carbonyl (C=O) groups excluding carboxylic acids is 4. The van der Waals surface area contributed by atoms with Gasteiger partial charge in [0.05, 0.1) is 6.04 Å². The number of carboxylic acid groups (broad SMARTS) is 1. The quantitative estimate of drug-likeness (QED) is 0.245. The number of benzene rings is 2. The summed E-state index contributed by atoms with van der Waals surface area (Å²) in [4.78, 5) is 65.0. The molecule has 0 aromatic heterocycles. The van der Waals surface area contributed by atoms with Crippen molar-refractivity contribution in [2.75, 3.05) is 13.1 Å². The average molecular weight is 565 g/mol. The minimum Gasteiger partial charge on any atom is -0.465 e. The first-order chi connectivity index (χ1) is 19.7. The molecule has 2 aromatic carbocycles. The van der Waals surface area contributed by atoms with Gasteiger partial charge < -0.3 is 37.0 Å². The fourth-order valence-corrected chi connectivity index (χ4v) is 5.52. The fraction of sp³-hybridized carbons (Fsp3) is 0.414. The molecule has 41 heavy (non-hydrogen) atoms. The van der Waals surface area contributed by atoms with Gasteiger partial charge in [-0.05, 0) is 43.4 Å². The molecule has 2 aliphatic rings. The third-order valence-electron chi connectivity index (χ3n) is 7.52. The molecule has 2 fully saturated rings. The smallest absolute Gasteiger partial charge is 0.405 e. The number of carbonyl (C=O) groups is 5. The Morgan fingerprint density at radius 3 is 2.17 bits per heavy atom. The Morgan fingerprint density at radius 1 is 0.951 bits per heavy atom. The van der Waals surface area contributed by atoms with Gasteiger partial charge >= 0.3 is 6.09 Å². The van der Waals surface area contributed by atoms with E-state index in [1.807, 2.05) is 60.7 Å². The molecule has 12 heteroatoms. The van der Waals surface area contributed by atoms with E-state index in [9.17, 15) is 29.1 Å². The van der Waals surface area contributed by atoms with E-state index in [-0.39, 0.29) is 25.4 Å². The first-order valence-electron chi connectivity index (χ1n) is 13.8. The second-order valence-corrected chi connectivity index (χ2v) is 10.3. The highest BCUT2D eigenvalue weighted by Gasteiger charge is 2.44. The van der Waals surface area contributed by atoms with Crippen LogP contribution in [0.5, 0.6) is 0 Å². The number of hydrogen-bond acceptors (Lipinski definition) is 6. The molecule has 0 unspecified atom stereocenters. The molecule has 5 amide bonds. The van der Waals surface area contributed by atoms with Crippen molar-refractivity contribution in [3.8, 4) is 0 Å². The van der Waals surface area contributed by atoms with Crippen molar-refractivity contribution >= 4 is 29.7 Å². The van der Waals surface area contributed by atoms with Crippen LogP contribution in [0.3, 0.4) is 0 Å². The Labute approximate surface area is 238 Å². The molecule has 2 aromatic rings. The van der Waals surface area contributed by atoms with Crippen LogP contribution in [0.15, 0.2) is 60.7 Å². The zero-order valence-electron chi connectivity index (χ0n) is 22.6. The van der Waals surface area contributed by atoms with Crippen LogP contribution in [0.2, 0.25) is 0 Å². The van der Waals surface area contributed by atoms with Crippen LogP contribution in [0.1, 0.15) is 49.3 Å². The van der Waals surface area contributed by atoms with Crippen molar-refractivity contribution in [2.24, 2.45) is 5.73 Å². The Morgan fingerprint density at radius 2 is 1.59 bits per heavy atom. The van der Waals surface area contributed by atoms with E-state index in [2.05, 4.69) is 21.3 Å². The number of rotatable bonds is 10. The highest BCUT2D eigenvalue weighted by Crippen LogP contribution is 2.29. The topological polar surface area (TPSA) is 183 Å². The largest absolute Gasteiger partial charge is 0.465 e. The third kappa shape index (κ3) is 7.60. The van der Waals surface area contributed by atoms with Crippen LogP contribution >= 0.6 is 0 Å². The van der Waals surface area contributed by atoms with Crippen LogP contribution in [0.25, 0.3) is 0 Å². The summed E-state index contributed by atoms with van der Waals surface area (Å²) in [5, 5.41) is 20.3. The van der Waals surface area contributed by atoms with Gasteiger partial charge in [-0.2, -0.15) is 0 Å². The molecule has 4 rings (SSSR count). The molecule has 7 N–H and O–H groups in total. The molecule has 0 saturated carbocycles. The summed E-state index contributed by atoms with van der Waals surface area (Å²) in [7, 11) is 0. The normalized spacial score (nSPS) is 21.2. The van der Waals surface area contributed by atoms with Crippen LogP contribution in [-0.4, -0.2) is 77.0 Å². The standard InChI is InChI=1S/C29H36N6O6/c30-24(36)14-12-21(26(37)34-25(18-7-3-1-4-8-18)19-9-5-2-6-10-19)32-27(38)23-13-11-20-15-16-31-17-22(33-29(40)41)28(39)35(20)23/h1-10,20-23,25,31,33H,11-17H2,(H2,30,36)(H,32,38)(H,34,37)(H,40,41)/t20-,21+,22+,23+/m1/s1. The van der Waals surface area contributed by atoms with Crippen LogP contribution in [0, 0.1) is 0 Å². The highest BCUT2D eigenvalue weighted by molar-refractivity contribution is 5.95. The third-order valence-corrected chi connectivity index (χ3v) is 7.52. The van der Waals surface area contributed by atoms with Crippen molar-refractivity contribution in [2.45, 2.75) is 62.3 Å². The minimum atomic E-state index is -1.34. The lowest BCUT2D eigenvalue weighted by molar-refractivity contribution is -0.143. The first-order valence-corrected chi connectivity index (χ1v) is 13.8. The molecule has 0 spiro atoms. The van der Waals surface area contributed by atoms with Crippen molar-refractivity contribution in [1.82, 2.24) is 26.2 Å². The highest BCUT2D eigenvalue weighted by atomic mass is 16.4. The zero-order chi connectivity index (χ0) is 29.4. The summed E-state index contributed by atoms with van der Waals surface area (Å²) in [6.07, 6.45) is 0.0384. The molecule has 2 heterocycles. The average Bonchev–Trinajstić information content (AvgIpc) is 3.38. The predicted molar refractivity (Wildman–Crippen MR) is 149 cm³/mol. The Bertz CT molecular complexity index is 1200. The molecule has 2 saturated heterocycles. The monoisotopic (exact) mass is 564 g/mol. The molecule has 218 valence electrons. The summed E-state index contributed by atoms with van der Waals surface area (Å²) in [5.74, 6) is -2.15. The second kappa shape index (κ2) is 13.8. The number of fused-ring (bicyclic) bond motifs is 1. The Hall–Kier alpha value is -4.45. The summed E-state index contributed by atoms with van der Waals surface area (Å²) in [5.41, 5.74) is 7.04. The molecule has 4 atom stereocenters. The lowest BCUT2D eigenvalue weighted by Crippen LogP contribution is -2.61. The maximum atomic E-state index is 13.6. The predicted octanol–water partition coefficient (Wildman–Crippen LogP) is 0.632. The van der Waals surface area contributed by atoms with Gasteiger partial charge in [0.25, 0.3) is 0 Å². The van der Waals surface area contributed by atoms with Crippen molar-refractivity contribution in [1.29, 1.82) is 0 Å². The van der Waals surface area contributed by atoms with Crippen molar-refractivity contribution < 1.29 is 29.1 Å².